The van der Waals surface area contributed by atoms with E-state index in [9.17, 15) is 26.4 Å². The molecule has 2 fully saturated rings. The molecule has 0 aromatic heterocycles. The molecular weight excluding hydrogens is 512 g/mol. The highest BCUT2D eigenvalue weighted by Gasteiger charge is 2.45. The fraction of sp³-hybridized carbons (Fsp3) is 0.917. The maximum atomic E-state index is 12.0. The van der Waals surface area contributed by atoms with E-state index >= 15 is 0 Å². The van der Waals surface area contributed by atoms with Gasteiger partial charge in [-0.25, -0.2) is 0 Å². The van der Waals surface area contributed by atoms with Gasteiger partial charge in [-0.3, -0.25) is 18.0 Å². The van der Waals surface area contributed by atoms with E-state index in [4.69, 9.17) is 17.8 Å². The van der Waals surface area contributed by atoms with Gasteiger partial charge in [0.2, 0.25) is 0 Å². The summed E-state index contributed by atoms with van der Waals surface area (Å²) in [6.45, 7) is 3.31. The average molecular weight is 555 g/mol. The van der Waals surface area contributed by atoms with Crippen molar-refractivity contribution in [3.05, 3.63) is 0 Å². The second-order valence-corrected chi connectivity index (χ2v) is 13.3. The largest absolute Gasteiger partial charge is 0.460 e. The van der Waals surface area contributed by atoms with Crippen molar-refractivity contribution >= 4 is 32.2 Å². The average Bonchev–Trinajstić information content (AvgIpc) is 3.15. The molecule has 0 amide bonds. The molecule has 10 nitrogen and oxygen atoms in total. The van der Waals surface area contributed by atoms with Crippen molar-refractivity contribution in [1.29, 1.82) is 0 Å². The van der Waals surface area contributed by atoms with Gasteiger partial charge < -0.3 is 9.47 Å². The Bertz CT molecular complexity index is 855. The molecule has 0 aromatic rings. The molecule has 2 rings (SSSR count). The molecule has 0 aliphatic carbocycles. The first kappa shape index (κ1) is 31.0. The van der Waals surface area contributed by atoms with E-state index in [-0.39, 0.29) is 11.9 Å². The zero-order valence-corrected chi connectivity index (χ0v) is 23.5. The fourth-order valence-electron chi connectivity index (χ4n) is 5.00. The molecule has 210 valence electrons. The molecule has 6 atom stereocenters. The van der Waals surface area contributed by atoms with Gasteiger partial charge in [-0.1, -0.05) is 64.2 Å². The van der Waals surface area contributed by atoms with E-state index in [2.05, 4.69) is 0 Å². The van der Waals surface area contributed by atoms with Crippen molar-refractivity contribution in [2.75, 3.05) is 12.5 Å². The van der Waals surface area contributed by atoms with Crippen molar-refractivity contribution in [3.63, 3.8) is 0 Å². The molecule has 2 aliphatic rings. The van der Waals surface area contributed by atoms with Crippen LogP contribution in [0.3, 0.4) is 0 Å². The predicted octanol–water partition coefficient (Wildman–Crippen LogP) is 3.48. The summed E-state index contributed by atoms with van der Waals surface area (Å²) in [6.07, 6.45) is 10.6. The third kappa shape index (κ3) is 10.6. The van der Waals surface area contributed by atoms with Crippen molar-refractivity contribution in [2.24, 2.45) is 11.8 Å². The lowest BCUT2D eigenvalue weighted by Crippen LogP contribution is -2.30. The SMILES string of the molecule is C[C@@H]1OC(=O)C(CCCCCCCCCCCCC2C(=O)O[C@@H](C)C2OS(C)(=O)=O)C1OS(C)(=O)=O. The second kappa shape index (κ2) is 14.1. The number of hydrogen-bond acceptors (Lipinski definition) is 10. The van der Waals surface area contributed by atoms with Crippen LogP contribution in [0.15, 0.2) is 0 Å². The van der Waals surface area contributed by atoms with E-state index in [0.29, 0.717) is 12.8 Å². The van der Waals surface area contributed by atoms with E-state index in [1.807, 2.05) is 0 Å². The van der Waals surface area contributed by atoms with Gasteiger partial charge in [0.1, 0.15) is 24.4 Å². The standard InChI is InChI=1S/C24H42O10S2/c1-17-21(33-35(3,27)28)19(23(25)31-17)15-13-11-9-7-5-6-8-10-12-14-16-20-22(34-36(4,29)30)18(2)32-24(20)26/h17-22H,5-16H2,1-4H3/t17-,18-,19?,20?,21?,22?/m0/s1. The van der Waals surface area contributed by atoms with Crippen molar-refractivity contribution in [1.82, 2.24) is 0 Å². The Morgan fingerprint density at radius 2 is 0.861 bits per heavy atom. The van der Waals surface area contributed by atoms with Crippen molar-refractivity contribution in [3.8, 4) is 0 Å². The van der Waals surface area contributed by atoms with Crippen LogP contribution in [0.5, 0.6) is 0 Å². The van der Waals surface area contributed by atoms with Crippen LogP contribution in [0.2, 0.25) is 0 Å². The van der Waals surface area contributed by atoms with Crippen LogP contribution in [-0.4, -0.2) is 65.7 Å². The summed E-state index contributed by atoms with van der Waals surface area (Å²) >= 11 is 0. The monoisotopic (exact) mass is 554 g/mol. The quantitative estimate of drug-likeness (QED) is 0.149. The summed E-state index contributed by atoms with van der Waals surface area (Å²) in [5.41, 5.74) is 0. The Morgan fingerprint density at radius 1 is 0.583 bits per heavy atom. The Kier molecular flexibility index (Phi) is 12.1. The molecule has 2 aliphatic heterocycles. The topological polar surface area (TPSA) is 139 Å². The van der Waals surface area contributed by atoms with Gasteiger partial charge in [-0.05, 0) is 26.7 Å². The maximum Gasteiger partial charge on any atom is 0.312 e. The summed E-state index contributed by atoms with van der Waals surface area (Å²) in [5, 5.41) is 0. The van der Waals surface area contributed by atoms with Crippen molar-refractivity contribution < 1.29 is 44.3 Å². The number of hydrogen-bond donors (Lipinski definition) is 0. The van der Waals surface area contributed by atoms with Gasteiger partial charge in [0.25, 0.3) is 20.2 Å². The molecule has 0 saturated carbocycles. The number of ether oxygens (including phenoxy) is 2. The lowest BCUT2D eigenvalue weighted by Gasteiger charge is -2.17. The van der Waals surface area contributed by atoms with Gasteiger partial charge in [0, 0.05) is 0 Å². The summed E-state index contributed by atoms with van der Waals surface area (Å²) in [4.78, 5) is 24.0. The molecule has 0 spiro atoms. The van der Waals surface area contributed by atoms with E-state index in [1.54, 1.807) is 13.8 Å². The lowest BCUT2D eigenvalue weighted by atomic mass is 9.94. The van der Waals surface area contributed by atoms with Crippen molar-refractivity contribution in [2.45, 2.75) is 115 Å². The van der Waals surface area contributed by atoms with E-state index in [1.165, 1.54) is 0 Å². The molecule has 0 N–H and O–H groups in total. The van der Waals surface area contributed by atoms with Crippen LogP contribution in [0.1, 0.15) is 90.9 Å². The van der Waals surface area contributed by atoms with Crippen LogP contribution < -0.4 is 0 Å². The molecule has 0 radical (unpaired) electrons. The Morgan fingerprint density at radius 3 is 1.14 bits per heavy atom. The lowest BCUT2D eigenvalue weighted by molar-refractivity contribution is -0.144. The molecule has 0 bridgehead atoms. The highest BCUT2D eigenvalue weighted by molar-refractivity contribution is 7.86. The normalized spacial score (nSPS) is 28.9. The zero-order valence-electron chi connectivity index (χ0n) is 21.8. The second-order valence-electron chi connectivity index (χ2n) is 10.1. The van der Waals surface area contributed by atoms with Crippen LogP contribution >= 0.6 is 0 Å². The van der Waals surface area contributed by atoms with Gasteiger partial charge >= 0.3 is 11.9 Å². The van der Waals surface area contributed by atoms with Gasteiger partial charge in [0.15, 0.2) is 0 Å². The van der Waals surface area contributed by atoms with Gasteiger partial charge in [-0.2, -0.15) is 16.8 Å². The number of cyclic esters (lactones) is 2. The Balaban J connectivity index is 1.51. The third-order valence-electron chi connectivity index (χ3n) is 6.78. The summed E-state index contributed by atoms with van der Waals surface area (Å²) < 4.78 is 66.3. The Labute approximate surface area is 216 Å². The summed E-state index contributed by atoms with van der Waals surface area (Å²) in [6, 6.07) is 0. The highest BCUT2D eigenvalue weighted by atomic mass is 32.2. The molecule has 2 saturated heterocycles. The first-order valence-electron chi connectivity index (χ1n) is 13.0. The molecule has 36 heavy (non-hydrogen) atoms. The molecule has 12 heteroatoms. The summed E-state index contributed by atoms with van der Waals surface area (Å²) in [7, 11) is -7.30. The van der Waals surface area contributed by atoms with Crippen LogP contribution in [0, 0.1) is 11.8 Å². The maximum absolute atomic E-state index is 12.0. The zero-order chi connectivity index (χ0) is 26.9. The smallest absolute Gasteiger partial charge is 0.312 e. The number of unbranched alkanes of at least 4 members (excludes halogenated alkanes) is 9. The molecule has 2 heterocycles. The number of carbonyl (C=O) groups is 2. The van der Waals surface area contributed by atoms with Crippen LogP contribution in [0.4, 0.5) is 0 Å². The van der Waals surface area contributed by atoms with Crippen LogP contribution in [0.25, 0.3) is 0 Å². The minimum atomic E-state index is -3.65. The van der Waals surface area contributed by atoms with E-state index in [0.717, 1.165) is 76.7 Å². The van der Waals surface area contributed by atoms with Crippen LogP contribution in [-0.2, 0) is 47.7 Å². The van der Waals surface area contributed by atoms with E-state index < -0.39 is 56.5 Å². The third-order valence-corrected chi connectivity index (χ3v) is 7.92. The number of carbonyl (C=O) groups excluding carboxylic acids is 2. The highest BCUT2D eigenvalue weighted by Crippen LogP contribution is 2.31. The molecule has 0 aromatic carbocycles. The summed E-state index contributed by atoms with van der Waals surface area (Å²) in [5.74, 6) is -1.82. The minimum Gasteiger partial charge on any atom is -0.460 e. The first-order chi connectivity index (χ1) is 16.8. The van der Waals surface area contributed by atoms with Gasteiger partial charge in [-0.15, -0.1) is 0 Å². The van der Waals surface area contributed by atoms with Gasteiger partial charge in [0.05, 0.1) is 24.3 Å². The first-order valence-corrected chi connectivity index (χ1v) is 16.6. The number of esters is 2. The fourth-order valence-corrected chi connectivity index (χ4v) is 6.39. The Hall–Kier alpha value is -1.24. The minimum absolute atomic E-state index is 0.381. The molecular formula is C24H42O10S2. The molecule has 4 unspecified atom stereocenters. The predicted molar refractivity (Wildman–Crippen MR) is 133 cm³/mol. The number of rotatable bonds is 17.